The molecule has 0 aromatic carbocycles. The maximum absolute atomic E-state index is 3.55. The summed E-state index contributed by atoms with van der Waals surface area (Å²) in [4.78, 5) is 14.0. The lowest BCUT2D eigenvalue weighted by Gasteiger charge is -2.68. The van der Waals surface area contributed by atoms with E-state index in [0.29, 0.717) is 0 Å². The molecular weight excluding hydrogens is 825 g/mol. The van der Waals surface area contributed by atoms with E-state index >= 15 is 0 Å². The van der Waals surface area contributed by atoms with Crippen LogP contribution in [0.15, 0.2) is 0 Å². The molecular formula is C64H110N4. The zero-order valence-electron chi connectivity index (χ0n) is 44.7. The van der Waals surface area contributed by atoms with Gasteiger partial charge in [-0.05, 0) is 177 Å². The first-order chi connectivity index (χ1) is 33.8. The number of hydrogen-bond donors (Lipinski definition) is 0. The molecule has 0 radical (unpaired) electrons. The second kappa shape index (κ2) is 23.2. The summed E-state index contributed by atoms with van der Waals surface area (Å²) in [5.41, 5.74) is 0. The third-order valence-corrected chi connectivity index (χ3v) is 24.4. The molecule has 12 fully saturated rings. The van der Waals surface area contributed by atoms with Crippen LogP contribution in [0.4, 0.5) is 0 Å². The van der Waals surface area contributed by atoms with Crippen molar-refractivity contribution in [1.82, 2.24) is 19.6 Å². The van der Waals surface area contributed by atoms with E-state index < -0.39 is 0 Å². The normalized spacial score (nSPS) is 40.1. The van der Waals surface area contributed by atoms with Crippen molar-refractivity contribution in [2.45, 2.75) is 368 Å². The third kappa shape index (κ3) is 10.3. The predicted molar refractivity (Wildman–Crippen MR) is 286 cm³/mol. The van der Waals surface area contributed by atoms with Gasteiger partial charge in [-0.2, -0.15) is 0 Å². The van der Waals surface area contributed by atoms with Gasteiger partial charge in [-0.25, -0.2) is 0 Å². The molecule has 0 heterocycles. The lowest BCUT2D eigenvalue weighted by molar-refractivity contribution is -0.187. The molecule has 12 saturated carbocycles. The maximum Gasteiger partial charge on any atom is 0.0136 e. The molecule has 0 N–H and O–H groups in total. The minimum atomic E-state index is 0.866. The summed E-state index contributed by atoms with van der Waals surface area (Å²) in [6.07, 6.45) is 70.5. The highest BCUT2D eigenvalue weighted by molar-refractivity contribution is 5.15. The van der Waals surface area contributed by atoms with Crippen molar-refractivity contribution in [3.8, 4) is 0 Å². The molecule has 386 valence electrons. The van der Waals surface area contributed by atoms with E-state index in [4.69, 9.17) is 0 Å². The second-order valence-electron chi connectivity index (χ2n) is 28.0. The van der Waals surface area contributed by atoms with E-state index in [0.717, 1.165) is 108 Å². The molecule has 0 amide bonds. The first kappa shape index (κ1) is 48.8. The fourth-order valence-corrected chi connectivity index (χ4v) is 22.0. The van der Waals surface area contributed by atoms with Crippen LogP contribution in [0, 0.1) is 35.5 Å². The maximum atomic E-state index is 3.55. The molecule has 0 aliphatic heterocycles. The van der Waals surface area contributed by atoms with Crippen LogP contribution in [0.5, 0.6) is 0 Å². The number of hydrogen-bond acceptors (Lipinski definition) is 4. The van der Waals surface area contributed by atoms with Gasteiger partial charge in [0.1, 0.15) is 0 Å². The molecule has 10 unspecified atom stereocenters. The van der Waals surface area contributed by atoms with Gasteiger partial charge in [0, 0.05) is 72.5 Å². The van der Waals surface area contributed by atoms with E-state index in [9.17, 15) is 0 Å². The van der Waals surface area contributed by atoms with Crippen LogP contribution in [0.2, 0.25) is 0 Å². The molecule has 0 aromatic heterocycles. The Hall–Kier alpha value is -0.160. The minimum absolute atomic E-state index is 0.866. The van der Waals surface area contributed by atoms with Crippen molar-refractivity contribution in [3.63, 3.8) is 0 Å². The van der Waals surface area contributed by atoms with Crippen LogP contribution in [-0.2, 0) is 0 Å². The first-order valence-corrected chi connectivity index (χ1v) is 32.9. The summed E-state index contributed by atoms with van der Waals surface area (Å²) in [7, 11) is 0. The lowest BCUT2D eigenvalue weighted by atomic mass is 9.44. The van der Waals surface area contributed by atoms with E-state index in [2.05, 4.69) is 19.6 Å². The number of rotatable bonds is 12. The molecule has 0 bridgehead atoms. The first-order valence-electron chi connectivity index (χ1n) is 32.9. The van der Waals surface area contributed by atoms with Crippen LogP contribution in [0.25, 0.3) is 0 Å². The van der Waals surface area contributed by atoms with Crippen molar-refractivity contribution < 1.29 is 0 Å². The Morgan fingerprint density at radius 1 is 0.176 bits per heavy atom. The summed E-state index contributed by atoms with van der Waals surface area (Å²) >= 11 is 0. The van der Waals surface area contributed by atoms with E-state index in [1.807, 2.05) is 0 Å². The quantitative estimate of drug-likeness (QED) is 0.193. The Bertz CT molecular complexity index is 1310. The molecule has 68 heavy (non-hydrogen) atoms. The van der Waals surface area contributed by atoms with Crippen molar-refractivity contribution in [2.24, 2.45) is 35.5 Å². The zero-order valence-corrected chi connectivity index (χ0v) is 44.7. The fourth-order valence-electron chi connectivity index (χ4n) is 22.0. The monoisotopic (exact) mass is 935 g/mol. The predicted octanol–water partition coefficient (Wildman–Crippen LogP) is 16.4. The molecule has 0 aromatic rings. The Balaban J connectivity index is 0.974. The molecule has 0 saturated heterocycles. The molecule has 10 atom stereocenters. The van der Waals surface area contributed by atoms with Crippen LogP contribution >= 0.6 is 0 Å². The SMILES string of the molecule is C1CCC(N(C2CCCCC2)C2CC3CC(N(C4CCCCC4)C4CCCCC4)C4CC(N(C5CCCCC5)C5CCCCC5)CC5CC(N(C6CCCCC6)C6CCCCC6)C(C2)C3C54)CC1. The van der Waals surface area contributed by atoms with Gasteiger partial charge in [-0.3, -0.25) is 19.6 Å². The Kier molecular flexibility index (Phi) is 16.6. The van der Waals surface area contributed by atoms with Gasteiger partial charge < -0.3 is 0 Å². The van der Waals surface area contributed by atoms with Crippen molar-refractivity contribution >= 4 is 0 Å². The standard InChI is InChI=1S/C64H110N4/c1-9-25-49(26-10-1)65(50-27-11-2-12-28-50)57-41-47-43-62(68(55-37-21-7-22-38-55)56-39-23-8-24-40-56)60-46-58(66(51-29-13-3-14-30-51)52-31-15-4-16-32-52)42-48-44-61(59(45-57)63(47)64(48)60)67(53-33-17-5-18-34-53)54-35-19-6-20-36-54/h47-64H,1-46H2. The Labute approximate surface area is 421 Å². The summed E-state index contributed by atoms with van der Waals surface area (Å²) in [6.45, 7) is 0. The summed E-state index contributed by atoms with van der Waals surface area (Å²) in [6, 6.07) is 10.6. The van der Waals surface area contributed by atoms with E-state index in [-0.39, 0.29) is 0 Å². The van der Waals surface area contributed by atoms with Gasteiger partial charge in [0.2, 0.25) is 0 Å². The number of nitrogens with zero attached hydrogens (tertiary/aromatic N) is 4. The molecule has 12 aliphatic rings. The zero-order chi connectivity index (χ0) is 45.2. The van der Waals surface area contributed by atoms with Crippen molar-refractivity contribution in [1.29, 1.82) is 0 Å². The Morgan fingerprint density at radius 3 is 0.603 bits per heavy atom. The molecule has 0 spiro atoms. The smallest absolute Gasteiger partial charge is 0.0136 e. The molecule has 12 aliphatic carbocycles. The van der Waals surface area contributed by atoms with Gasteiger partial charge in [0.05, 0.1) is 0 Å². The fraction of sp³-hybridized carbons (Fsp3) is 1.00. The highest BCUT2D eigenvalue weighted by Gasteiger charge is 2.63. The van der Waals surface area contributed by atoms with Gasteiger partial charge in [-0.1, -0.05) is 154 Å². The van der Waals surface area contributed by atoms with Crippen LogP contribution in [0.3, 0.4) is 0 Å². The second-order valence-corrected chi connectivity index (χ2v) is 28.0. The van der Waals surface area contributed by atoms with Gasteiger partial charge >= 0.3 is 0 Å². The molecule has 12 rings (SSSR count). The van der Waals surface area contributed by atoms with Crippen LogP contribution in [-0.4, -0.2) is 92.1 Å². The average molecular weight is 936 g/mol. The highest BCUT2D eigenvalue weighted by Crippen LogP contribution is 2.64. The van der Waals surface area contributed by atoms with E-state index in [1.165, 1.54) is 257 Å². The molecule has 4 nitrogen and oxygen atoms in total. The van der Waals surface area contributed by atoms with Crippen LogP contribution < -0.4 is 0 Å². The average Bonchev–Trinajstić information content (AvgIpc) is 3.41. The lowest BCUT2D eigenvalue weighted by Crippen LogP contribution is -2.70. The summed E-state index contributed by atoms with van der Waals surface area (Å²) in [5.74, 6) is 5.91. The van der Waals surface area contributed by atoms with Crippen molar-refractivity contribution in [2.75, 3.05) is 0 Å². The molecule has 4 heteroatoms. The van der Waals surface area contributed by atoms with Gasteiger partial charge in [0.25, 0.3) is 0 Å². The minimum Gasteiger partial charge on any atom is -0.294 e. The van der Waals surface area contributed by atoms with Crippen LogP contribution in [0.1, 0.15) is 295 Å². The Morgan fingerprint density at radius 2 is 0.382 bits per heavy atom. The summed E-state index contributed by atoms with van der Waals surface area (Å²) < 4.78 is 0. The van der Waals surface area contributed by atoms with Gasteiger partial charge in [-0.15, -0.1) is 0 Å². The highest BCUT2D eigenvalue weighted by atomic mass is 15.3. The topological polar surface area (TPSA) is 13.0 Å². The largest absolute Gasteiger partial charge is 0.294 e. The summed E-state index contributed by atoms with van der Waals surface area (Å²) in [5, 5.41) is 0. The van der Waals surface area contributed by atoms with E-state index in [1.54, 1.807) is 38.5 Å². The van der Waals surface area contributed by atoms with Gasteiger partial charge in [0.15, 0.2) is 0 Å². The van der Waals surface area contributed by atoms with Crippen molar-refractivity contribution in [3.05, 3.63) is 0 Å². The third-order valence-electron chi connectivity index (χ3n) is 24.4.